The quantitative estimate of drug-likeness (QED) is 0.673. The second kappa shape index (κ2) is 5.81. The summed E-state index contributed by atoms with van der Waals surface area (Å²) in [6.45, 7) is 1.06. The van der Waals surface area contributed by atoms with Crippen molar-refractivity contribution in [1.82, 2.24) is 15.1 Å². The standard InChI is InChI=1S/C12H13ClN4O2/c1-14-5-9-6-15-16(7-9)8-10-2-3-11(13)4-12(10)17(18)19/h2-4,6-7,14H,5,8H2,1H3. The van der Waals surface area contributed by atoms with Crippen molar-refractivity contribution in [2.45, 2.75) is 13.1 Å². The predicted molar refractivity (Wildman–Crippen MR) is 72.2 cm³/mol. The highest BCUT2D eigenvalue weighted by Gasteiger charge is 2.14. The molecule has 0 fully saturated rings. The summed E-state index contributed by atoms with van der Waals surface area (Å²) in [4.78, 5) is 10.5. The van der Waals surface area contributed by atoms with Crippen LogP contribution < -0.4 is 5.32 Å². The highest BCUT2D eigenvalue weighted by atomic mass is 35.5. The Hall–Kier alpha value is -1.92. The first-order chi connectivity index (χ1) is 9.10. The highest BCUT2D eigenvalue weighted by Crippen LogP contribution is 2.23. The van der Waals surface area contributed by atoms with Crippen molar-refractivity contribution in [2.24, 2.45) is 0 Å². The van der Waals surface area contributed by atoms with Crippen LogP contribution in [0.1, 0.15) is 11.1 Å². The number of aromatic nitrogens is 2. The Bertz CT molecular complexity index is 597. The van der Waals surface area contributed by atoms with Crippen LogP contribution in [0.25, 0.3) is 0 Å². The Morgan fingerprint density at radius 3 is 3.00 bits per heavy atom. The molecule has 7 heteroatoms. The van der Waals surface area contributed by atoms with Crippen molar-refractivity contribution in [3.05, 3.63) is 56.9 Å². The topological polar surface area (TPSA) is 73.0 Å². The SMILES string of the molecule is CNCc1cnn(Cc2ccc(Cl)cc2[N+](=O)[O-])c1. The van der Waals surface area contributed by atoms with E-state index in [-0.39, 0.29) is 5.69 Å². The zero-order valence-electron chi connectivity index (χ0n) is 10.3. The Balaban J connectivity index is 2.24. The number of hydrogen-bond donors (Lipinski definition) is 1. The Morgan fingerprint density at radius 1 is 1.53 bits per heavy atom. The van der Waals surface area contributed by atoms with Crippen LogP contribution in [0.4, 0.5) is 5.69 Å². The summed E-state index contributed by atoms with van der Waals surface area (Å²) < 4.78 is 1.67. The van der Waals surface area contributed by atoms with Gasteiger partial charge in [-0.15, -0.1) is 0 Å². The van der Waals surface area contributed by atoms with Gasteiger partial charge >= 0.3 is 0 Å². The van der Waals surface area contributed by atoms with E-state index in [9.17, 15) is 10.1 Å². The average Bonchev–Trinajstić information content (AvgIpc) is 2.79. The molecule has 2 rings (SSSR count). The molecule has 0 radical (unpaired) electrons. The van der Waals surface area contributed by atoms with Crippen LogP contribution in [-0.4, -0.2) is 21.8 Å². The molecule has 19 heavy (non-hydrogen) atoms. The summed E-state index contributed by atoms with van der Waals surface area (Å²) in [7, 11) is 1.85. The van der Waals surface area contributed by atoms with E-state index in [4.69, 9.17) is 11.6 Å². The summed E-state index contributed by atoms with van der Waals surface area (Å²) in [5, 5.41) is 18.5. The molecule has 6 nitrogen and oxygen atoms in total. The molecule has 1 N–H and O–H groups in total. The molecule has 100 valence electrons. The first kappa shape index (κ1) is 13.5. The lowest BCUT2D eigenvalue weighted by molar-refractivity contribution is -0.385. The maximum Gasteiger partial charge on any atom is 0.275 e. The molecule has 1 aromatic carbocycles. The van der Waals surface area contributed by atoms with Crippen molar-refractivity contribution in [1.29, 1.82) is 0 Å². The Kier molecular flexibility index (Phi) is 4.13. The summed E-state index contributed by atoms with van der Waals surface area (Å²) in [5.74, 6) is 0. The molecule has 0 amide bonds. The van der Waals surface area contributed by atoms with Gasteiger partial charge in [-0.05, 0) is 19.2 Å². The van der Waals surface area contributed by atoms with Gasteiger partial charge in [-0.1, -0.05) is 11.6 Å². The van der Waals surface area contributed by atoms with E-state index in [1.807, 2.05) is 13.2 Å². The van der Waals surface area contributed by atoms with Crippen LogP contribution in [0, 0.1) is 10.1 Å². The lowest BCUT2D eigenvalue weighted by atomic mass is 10.2. The fourth-order valence-corrected chi connectivity index (χ4v) is 1.97. The summed E-state index contributed by atoms with van der Waals surface area (Å²) in [5.41, 5.74) is 1.62. The predicted octanol–water partition coefficient (Wildman–Crippen LogP) is 2.21. The third-order valence-corrected chi connectivity index (χ3v) is 2.88. The number of hydrogen-bond acceptors (Lipinski definition) is 4. The zero-order chi connectivity index (χ0) is 13.8. The van der Waals surface area contributed by atoms with E-state index in [1.54, 1.807) is 23.0 Å². The second-order valence-electron chi connectivity index (χ2n) is 4.11. The van der Waals surface area contributed by atoms with Gasteiger partial charge in [0.05, 0.1) is 23.2 Å². The molecule has 0 aliphatic carbocycles. The van der Waals surface area contributed by atoms with E-state index in [1.165, 1.54) is 6.07 Å². The smallest absolute Gasteiger partial charge is 0.275 e. The van der Waals surface area contributed by atoms with Gasteiger partial charge in [0.2, 0.25) is 0 Å². The van der Waals surface area contributed by atoms with Gasteiger partial charge in [-0.3, -0.25) is 14.8 Å². The van der Waals surface area contributed by atoms with Crippen molar-refractivity contribution in [3.63, 3.8) is 0 Å². The molecule has 1 aromatic heterocycles. The molecule has 2 aromatic rings. The van der Waals surface area contributed by atoms with Crippen molar-refractivity contribution < 1.29 is 4.92 Å². The number of nitrogens with zero attached hydrogens (tertiary/aromatic N) is 3. The second-order valence-corrected chi connectivity index (χ2v) is 4.54. The monoisotopic (exact) mass is 280 g/mol. The van der Waals surface area contributed by atoms with E-state index in [0.717, 1.165) is 5.56 Å². The number of nitro benzene ring substituents is 1. The van der Waals surface area contributed by atoms with Gasteiger partial charge in [0.25, 0.3) is 5.69 Å². The van der Waals surface area contributed by atoms with Crippen LogP contribution in [0.3, 0.4) is 0 Å². The van der Waals surface area contributed by atoms with Gasteiger partial charge in [-0.2, -0.15) is 5.10 Å². The maximum absolute atomic E-state index is 11.0. The fourth-order valence-electron chi connectivity index (χ4n) is 1.80. The van der Waals surface area contributed by atoms with Crippen LogP contribution >= 0.6 is 11.6 Å². The number of nitrogens with one attached hydrogen (secondary N) is 1. The van der Waals surface area contributed by atoms with Gasteiger partial charge < -0.3 is 5.32 Å². The first-order valence-electron chi connectivity index (χ1n) is 5.69. The van der Waals surface area contributed by atoms with Gasteiger partial charge in [0, 0.05) is 29.4 Å². The highest BCUT2D eigenvalue weighted by molar-refractivity contribution is 6.30. The maximum atomic E-state index is 11.0. The van der Waals surface area contributed by atoms with Crippen LogP contribution in [0.2, 0.25) is 5.02 Å². The molecule has 0 atom stereocenters. The minimum Gasteiger partial charge on any atom is -0.316 e. The van der Waals surface area contributed by atoms with E-state index < -0.39 is 4.92 Å². The van der Waals surface area contributed by atoms with Crippen LogP contribution in [0.5, 0.6) is 0 Å². The minimum atomic E-state index is -0.431. The van der Waals surface area contributed by atoms with E-state index >= 15 is 0 Å². The third kappa shape index (κ3) is 3.30. The normalized spacial score (nSPS) is 10.6. The summed E-state index contributed by atoms with van der Waals surface area (Å²) >= 11 is 5.77. The van der Waals surface area contributed by atoms with Crippen molar-refractivity contribution in [3.8, 4) is 0 Å². The molecule has 0 spiro atoms. The molecule has 0 bridgehead atoms. The first-order valence-corrected chi connectivity index (χ1v) is 6.06. The Labute approximate surface area is 115 Å². The average molecular weight is 281 g/mol. The lowest BCUT2D eigenvalue weighted by Gasteiger charge is -2.03. The molecule has 1 heterocycles. The summed E-state index contributed by atoms with van der Waals surface area (Å²) in [6.07, 6.45) is 3.59. The van der Waals surface area contributed by atoms with Crippen molar-refractivity contribution in [2.75, 3.05) is 7.05 Å². The van der Waals surface area contributed by atoms with Crippen molar-refractivity contribution >= 4 is 17.3 Å². The number of halogens is 1. The molecule has 0 aliphatic heterocycles. The molecule has 0 unspecified atom stereocenters. The van der Waals surface area contributed by atoms with Gasteiger partial charge in [-0.25, -0.2) is 0 Å². The van der Waals surface area contributed by atoms with E-state index in [2.05, 4.69) is 10.4 Å². The number of rotatable bonds is 5. The third-order valence-electron chi connectivity index (χ3n) is 2.64. The molecule has 0 aliphatic rings. The Morgan fingerprint density at radius 2 is 2.32 bits per heavy atom. The lowest BCUT2D eigenvalue weighted by Crippen LogP contribution is -2.05. The van der Waals surface area contributed by atoms with Gasteiger partial charge in [0.15, 0.2) is 0 Å². The molecule has 0 saturated heterocycles. The molecule has 0 saturated carbocycles. The molecular formula is C12H13ClN4O2. The minimum absolute atomic E-state index is 0.0122. The van der Waals surface area contributed by atoms with Gasteiger partial charge in [0.1, 0.15) is 0 Å². The zero-order valence-corrected chi connectivity index (χ0v) is 11.1. The van der Waals surface area contributed by atoms with E-state index in [0.29, 0.717) is 23.7 Å². The molecular weight excluding hydrogens is 268 g/mol. The fraction of sp³-hybridized carbons (Fsp3) is 0.250. The summed E-state index contributed by atoms with van der Waals surface area (Å²) in [6, 6.07) is 4.65. The largest absolute Gasteiger partial charge is 0.316 e. The van der Waals surface area contributed by atoms with Crippen LogP contribution in [-0.2, 0) is 13.1 Å². The number of nitro groups is 1. The van der Waals surface area contributed by atoms with Crippen LogP contribution in [0.15, 0.2) is 30.6 Å². The number of benzene rings is 1.